The molecule has 7 heteroatoms. The van der Waals surface area contributed by atoms with Crippen LogP contribution in [0, 0.1) is 6.92 Å². The van der Waals surface area contributed by atoms with Crippen LogP contribution in [0.4, 0.5) is 0 Å². The molecule has 0 unspecified atom stereocenters. The number of H-pyrrole nitrogens is 1. The van der Waals surface area contributed by atoms with Crippen LogP contribution in [-0.2, 0) is 0 Å². The second kappa shape index (κ2) is 4.48. The Morgan fingerprint density at radius 2 is 2.10 bits per heavy atom. The van der Waals surface area contributed by atoms with Crippen molar-refractivity contribution in [3.05, 3.63) is 48.5 Å². The van der Waals surface area contributed by atoms with Crippen molar-refractivity contribution in [2.45, 2.75) is 6.92 Å². The topological polar surface area (TPSA) is 84.6 Å². The van der Waals surface area contributed by atoms with Crippen LogP contribution in [0.2, 0.25) is 0 Å². The molecule has 0 aliphatic heterocycles. The highest BCUT2D eigenvalue weighted by atomic mass is 15.3. The molecule has 0 radical (unpaired) electrons. The fourth-order valence-corrected chi connectivity index (χ4v) is 2.25. The Bertz CT molecular complexity index is 922. The van der Waals surface area contributed by atoms with E-state index in [0.29, 0.717) is 0 Å². The summed E-state index contributed by atoms with van der Waals surface area (Å²) >= 11 is 0. The first-order valence-electron chi connectivity index (χ1n) is 6.46. The van der Waals surface area contributed by atoms with Crippen LogP contribution in [0.1, 0.15) is 5.69 Å². The highest BCUT2D eigenvalue weighted by Gasteiger charge is 2.13. The number of hydrogen-bond acceptors (Lipinski definition) is 5. The number of nitrogens with one attached hydrogen (secondary N) is 1. The van der Waals surface area contributed by atoms with Crippen molar-refractivity contribution in [1.82, 2.24) is 35.0 Å². The maximum absolute atomic E-state index is 4.51. The summed E-state index contributed by atoms with van der Waals surface area (Å²) in [5, 5.41) is 15.1. The Hall–Kier alpha value is -3.09. The summed E-state index contributed by atoms with van der Waals surface area (Å²) in [5.74, 6) is 0. The molecule has 21 heavy (non-hydrogen) atoms. The molecule has 0 saturated carbocycles. The maximum Gasteiger partial charge on any atom is 0.155 e. The number of nitrogens with zero attached hydrogens (tertiary/aromatic N) is 6. The van der Waals surface area contributed by atoms with E-state index in [1.807, 2.05) is 43.5 Å². The van der Waals surface area contributed by atoms with Crippen LogP contribution in [0.15, 0.2) is 42.9 Å². The van der Waals surface area contributed by atoms with Crippen molar-refractivity contribution in [2.24, 2.45) is 0 Å². The molecule has 1 N–H and O–H groups in total. The fraction of sp³-hybridized carbons (Fsp3) is 0.0714. The van der Waals surface area contributed by atoms with Gasteiger partial charge in [0.05, 0.1) is 5.69 Å². The van der Waals surface area contributed by atoms with Gasteiger partial charge in [-0.3, -0.25) is 10.1 Å². The van der Waals surface area contributed by atoms with Gasteiger partial charge in [-0.15, -0.1) is 5.10 Å². The average Bonchev–Trinajstić information content (AvgIpc) is 3.15. The Balaban J connectivity index is 1.88. The van der Waals surface area contributed by atoms with Gasteiger partial charge in [0, 0.05) is 17.5 Å². The molecule has 0 aromatic carbocycles. The van der Waals surface area contributed by atoms with E-state index in [0.717, 1.165) is 34.0 Å². The number of aromatic amines is 1. The van der Waals surface area contributed by atoms with E-state index in [2.05, 4.69) is 30.5 Å². The van der Waals surface area contributed by atoms with Gasteiger partial charge in [0.15, 0.2) is 5.65 Å². The van der Waals surface area contributed by atoms with Gasteiger partial charge in [0.2, 0.25) is 0 Å². The number of aromatic nitrogens is 7. The van der Waals surface area contributed by atoms with Crippen LogP contribution < -0.4 is 0 Å². The van der Waals surface area contributed by atoms with Gasteiger partial charge >= 0.3 is 0 Å². The lowest BCUT2D eigenvalue weighted by molar-refractivity contribution is 0.938. The van der Waals surface area contributed by atoms with E-state index < -0.39 is 0 Å². The normalized spacial score (nSPS) is 11.1. The third-order valence-corrected chi connectivity index (χ3v) is 3.24. The predicted octanol–water partition coefficient (Wildman–Crippen LogP) is 1.88. The molecule has 4 rings (SSSR count). The summed E-state index contributed by atoms with van der Waals surface area (Å²) in [6, 6.07) is 9.68. The standard InChI is InChI=1S/C14H11N7/c1-9-3-2-4-11(17-9)14-13(18-20-19-14)10-5-6-12-15-8-16-21(12)7-10/h2-8H,1H3,(H,18,19,20). The van der Waals surface area contributed by atoms with Crippen molar-refractivity contribution >= 4 is 5.65 Å². The van der Waals surface area contributed by atoms with Crippen LogP contribution in [-0.4, -0.2) is 35.0 Å². The largest absolute Gasteiger partial charge is 0.255 e. The first kappa shape index (κ1) is 11.7. The summed E-state index contributed by atoms with van der Waals surface area (Å²) in [7, 11) is 0. The molecule has 4 heterocycles. The smallest absolute Gasteiger partial charge is 0.155 e. The Morgan fingerprint density at radius 3 is 3.00 bits per heavy atom. The molecule has 0 saturated heterocycles. The van der Waals surface area contributed by atoms with Crippen molar-refractivity contribution in [1.29, 1.82) is 0 Å². The predicted molar refractivity (Wildman–Crippen MR) is 76.3 cm³/mol. The Kier molecular flexibility index (Phi) is 2.50. The molecule has 0 bridgehead atoms. The zero-order valence-electron chi connectivity index (χ0n) is 11.2. The number of pyridine rings is 2. The molecule has 0 fully saturated rings. The van der Waals surface area contributed by atoms with Gasteiger partial charge in [-0.05, 0) is 31.2 Å². The average molecular weight is 277 g/mol. The Morgan fingerprint density at radius 1 is 1.14 bits per heavy atom. The Labute approximate surface area is 119 Å². The van der Waals surface area contributed by atoms with E-state index in [4.69, 9.17) is 0 Å². The van der Waals surface area contributed by atoms with E-state index in [9.17, 15) is 0 Å². The van der Waals surface area contributed by atoms with Crippen LogP contribution >= 0.6 is 0 Å². The molecule has 0 aliphatic rings. The molecular weight excluding hydrogens is 266 g/mol. The maximum atomic E-state index is 4.51. The first-order chi connectivity index (χ1) is 10.3. The van der Waals surface area contributed by atoms with Gasteiger partial charge in [-0.25, -0.2) is 9.50 Å². The second-order valence-corrected chi connectivity index (χ2v) is 4.68. The third-order valence-electron chi connectivity index (χ3n) is 3.24. The summed E-state index contributed by atoms with van der Waals surface area (Å²) < 4.78 is 1.71. The molecule has 0 aliphatic carbocycles. The second-order valence-electron chi connectivity index (χ2n) is 4.68. The molecule has 102 valence electrons. The number of aryl methyl sites for hydroxylation is 1. The number of hydrogen-bond donors (Lipinski definition) is 1. The van der Waals surface area contributed by atoms with Gasteiger partial charge < -0.3 is 0 Å². The van der Waals surface area contributed by atoms with Crippen molar-refractivity contribution in [2.75, 3.05) is 0 Å². The quantitative estimate of drug-likeness (QED) is 0.604. The molecule has 7 nitrogen and oxygen atoms in total. The molecule has 0 atom stereocenters. The van der Waals surface area contributed by atoms with Crippen LogP contribution in [0.3, 0.4) is 0 Å². The highest BCUT2D eigenvalue weighted by Crippen LogP contribution is 2.26. The highest BCUT2D eigenvalue weighted by molar-refractivity contribution is 5.75. The summed E-state index contributed by atoms with van der Waals surface area (Å²) in [6.45, 7) is 1.95. The summed E-state index contributed by atoms with van der Waals surface area (Å²) in [5.41, 5.74) is 4.98. The summed E-state index contributed by atoms with van der Waals surface area (Å²) in [4.78, 5) is 8.64. The lowest BCUT2D eigenvalue weighted by Crippen LogP contribution is -1.92. The van der Waals surface area contributed by atoms with Gasteiger partial charge in [0.1, 0.15) is 17.7 Å². The molecule has 0 spiro atoms. The van der Waals surface area contributed by atoms with Gasteiger partial charge in [0.25, 0.3) is 0 Å². The third kappa shape index (κ3) is 1.95. The molecule has 0 amide bonds. The van der Waals surface area contributed by atoms with Crippen LogP contribution in [0.25, 0.3) is 28.3 Å². The number of rotatable bonds is 2. The number of fused-ring (bicyclic) bond motifs is 1. The zero-order valence-corrected chi connectivity index (χ0v) is 11.2. The summed E-state index contributed by atoms with van der Waals surface area (Å²) in [6.07, 6.45) is 3.39. The van der Waals surface area contributed by atoms with Crippen LogP contribution in [0.5, 0.6) is 0 Å². The lowest BCUT2D eigenvalue weighted by atomic mass is 10.1. The van der Waals surface area contributed by atoms with E-state index in [-0.39, 0.29) is 0 Å². The minimum Gasteiger partial charge on any atom is -0.255 e. The fourth-order valence-electron chi connectivity index (χ4n) is 2.25. The van der Waals surface area contributed by atoms with E-state index in [1.54, 1.807) is 4.52 Å². The molecular formula is C14H11N7. The SMILES string of the molecule is Cc1cccc(-c2[nH]nnc2-c2ccc3ncnn3c2)n1. The van der Waals surface area contributed by atoms with Gasteiger partial charge in [-0.2, -0.15) is 5.10 Å². The molecule has 4 aromatic rings. The minimum atomic E-state index is 0.741. The zero-order chi connectivity index (χ0) is 14.2. The van der Waals surface area contributed by atoms with Crippen molar-refractivity contribution < 1.29 is 0 Å². The van der Waals surface area contributed by atoms with E-state index >= 15 is 0 Å². The molecule has 4 aromatic heterocycles. The van der Waals surface area contributed by atoms with Crippen molar-refractivity contribution in [3.63, 3.8) is 0 Å². The van der Waals surface area contributed by atoms with Gasteiger partial charge in [-0.1, -0.05) is 11.3 Å². The monoisotopic (exact) mass is 277 g/mol. The van der Waals surface area contributed by atoms with E-state index in [1.165, 1.54) is 6.33 Å². The van der Waals surface area contributed by atoms with Crippen molar-refractivity contribution in [3.8, 4) is 22.6 Å². The minimum absolute atomic E-state index is 0.741. The first-order valence-corrected chi connectivity index (χ1v) is 6.46. The lowest BCUT2D eigenvalue weighted by Gasteiger charge is -2.02.